The minimum atomic E-state index is -0.139. The van der Waals surface area contributed by atoms with Crippen LogP contribution in [0.5, 0.6) is 0 Å². The topological polar surface area (TPSA) is 89.4 Å². The number of likely N-dealkylation sites (N-methyl/N-ethyl adjacent to an activating group) is 1. The second-order valence-electron chi connectivity index (χ2n) is 4.80. The molecule has 1 aromatic rings. The molecule has 18 heavy (non-hydrogen) atoms. The maximum absolute atomic E-state index is 5.93. The van der Waals surface area contributed by atoms with Crippen molar-refractivity contribution >= 4 is 5.82 Å². The van der Waals surface area contributed by atoms with Crippen LogP contribution in [0.15, 0.2) is 12.3 Å². The van der Waals surface area contributed by atoms with E-state index in [0.717, 1.165) is 24.2 Å². The molecule has 1 fully saturated rings. The molecule has 5 N–H and O–H groups in total. The normalized spacial score (nSPS) is 22.9. The number of hydrogen-bond donors (Lipinski definition) is 3. The van der Waals surface area contributed by atoms with Gasteiger partial charge in [-0.15, -0.1) is 0 Å². The van der Waals surface area contributed by atoms with Crippen molar-refractivity contribution in [2.75, 3.05) is 32.5 Å². The van der Waals surface area contributed by atoms with Gasteiger partial charge in [0.2, 0.25) is 0 Å². The van der Waals surface area contributed by atoms with Gasteiger partial charge in [0.05, 0.1) is 18.8 Å². The Morgan fingerprint density at radius 3 is 3.06 bits per heavy atom. The molecule has 2 unspecified atom stereocenters. The Morgan fingerprint density at radius 2 is 2.39 bits per heavy atom. The molecule has 2 heterocycles. The highest BCUT2D eigenvalue weighted by Crippen LogP contribution is 2.25. The Balaban J connectivity index is 2.24. The molecule has 1 aliphatic heterocycles. The Morgan fingerprint density at radius 1 is 1.61 bits per heavy atom. The number of nitrogens with one attached hydrogen (secondary N) is 1. The van der Waals surface area contributed by atoms with Gasteiger partial charge in [-0.1, -0.05) is 0 Å². The molecule has 1 aliphatic rings. The largest absolute Gasteiger partial charge is 0.383 e. The highest BCUT2D eigenvalue weighted by Gasteiger charge is 2.29. The summed E-state index contributed by atoms with van der Waals surface area (Å²) < 4.78 is 5.78. The number of aromatic nitrogens is 1. The van der Waals surface area contributed by atoms with Crippen molar-refractivity contribution in [3.63, 3.8) is 0 Å². The van der Waals surface area contributed by atoms with Crippen molar-refractivity contribution in [3.05, 3.63) is 23.4 Å². The SMILES string of the molecule is Cc1cnc(N)c(C(NN)C2CN(C)CCO2)c1. The predicted octanol–water partition coefficient (Wildman–Crippen LogP) is -0.193. The van der Waals surface area contributed by atoms with E-state index in [4.69, 9.17) is 16.3 Å². The fourth-order valence-corrected chi connectivity index (χ4v) is 2.26. The predicted molar refractivity (Wildman–Crippen MR) is 70.7 cm³/mol. The number of nitrogens with zero attached hydrogens (tertiary/aromatic N) is 2. The van der Waals surface area contributed by atoms with Gasteiger partial charge in [0, 0.05) is 24.8 Å². The number of rotatable bonds is 3. The summed E-state index contributed by atoms with van der Waals surface area (Å²) >= 11 is 0. The Labute approximate surface area is 107 Å². The van der Waals surface area contributed by atoms with Gasteiger partial charge in [0.25, 0.3) is 0 Å². The van der Waals surface area contributed by atoms with Crippen LogP contribution in [0.2, 0.25) is 0 Å². The number of anilines is 1. The van der Waals surface area contributed by atoms with Gasteiger partial charge in [0.1, 0.15) is 5.82 Å². The summed E-state index contributed by atoms with van der Waals surface area (Å²) in [4.78, 5) is 6.39. The van der Waals surface area contributed by atoms with Gasteiger partial charge in [-0.3, -0.25) is 11.3 Å². The van der Waals surface area contributed by atoms with Crippen molar-refractivity contribution < 1.29 is 4.74 Å². The van der Waals surface area contributed by atoms with Crippen molar-refractivity contribution in [1.82, 2.24) is 15.3 Å². The third-order valence-corrected chi connectivity index (χ3v) is 3.27. The van der Waals surface area contributed by atoms with E-state index in [2.05, 4.69) is 22.4 Å². The molecular weight excluding hydrogens is 230 g/mol. The Hall–Kier alpha value is -1.21. The average molecular weight is 251 g/mol. The summed E-state index contributed by atoms with van der Waals surface area (Å²) in [5.41, 5.74) is 10.7. The lowest BCUT2D eigenvalue weighted by Crippen LogP contribution is -2.48. The molecule has 0 amide bonds. The lowest BCUT2D eigenvalue weighted by molar-refractivity contribution is -0.0392. The van der Waals surface area contributed by atoms with Crippen molar-refractivity contribution in [3.8, 4) is 0 Å². The van der Waals surface area contributed by atoms with Crippen LogP contribution >= 0.6 is 0 Å². The fraction of sp³-hybridized carbons (Fsp3) is 0.583. The zero-order valence-electron chi connectivity index (χ0n) is 10.9. The zero-order valence-corrected chi connectivity index (χ0v) is 10.9. The van der Waals surface area contributed by atoms with E-state index in [9.17, 15) is 0 Å². The Bertz CT molecular complexity index is 411. The number of hydrogen-bond acceptors (Lipinski definition) is 6. The van der Waals surface area contributed by atoms with Crippen LogP contribution in [0.25, 0.3) is 0 Å². The summed E-state index contributed by atoms with van der Waals surface area (Å²) in [5.74, 6) is 6.17. The van der Waals surface area contributed by atoms with E-state index in [1.165, 1.54) is 0 Å². The number of nitrogens with two attached hydrogens (primary N) is 2. The van der Waals surface area contributed by atoms with E-state index in [1.807, 2.05) is 13.0 Å². The summed E-state index contributed by atoms with van der Waals surface area (Å²) in [6.07, 6.45) is 1.74. The first-order valence-electron chi connectivity index (χ1n) is 6.10. The molecule has 2 rings (SSSR count). The Kier molecular flexibility index (Phi) is 4.13. The van der Waals surface area contributed by atoms with Crippen LogP contribution in [0.3, 0.4) is 0 Å². The van der Waals surface area contributed by atoms with Gasteiger partial charge in [0.15, 0.2) is 0 Å². The minimum absolute atomic E-state index is 0.0142. The number of pyridine rings is 1. The maximum Gasteiger partial charge on any atom is 0.128 e. The number of morpholine rings is 1. The first-order chi connectivity index (χ1) is 8.61. The average Bonchev–Trinajstić information content (AvgIpc) is 2.35. The number of nitrogen functional groups attached to an aromatic ring is 1. The van der Waals surface area contributed by atoms with Crippen molar-refractivity contribution in [1.29, 1.82) is 0 Å². The van der Waals surface area contributed by atoms with Crippen LogP contribution in [0.1, 0.15) is 17.2 Å². The molecular formula is C12H21N5O. The second-order valence-corrected chi connectivity index (χ2v) is 4.80. The van der Waals surface area contributed by atoms with E-state index in [0.29, 0.717) is 12.4 Å². The summed E-state index contributed by atoms with van der Waals surface area (Å²) in [6, 6.07) is 1.87. The molecule has 0 saturated carbocycles. The molecule has 0 aromatic carbocycles. The summed E-state index contributed by atoms with van der Waals surface area (Å²) in [6.45, 7) is 4.45. The molecule has 100 valence electrons. The molecule has 0 radical (unpaired) electrons. The first-order valence-corrected chi connectivity index (χ1v) is 6.10. The lowest BCUT2D eigenvalue weighted by atomic mass is 10.00. The highest BCUT2D eigenvalue weighted by atomic mass is 16.5. The van der Waals surface area contributed by atoms with Crippen LogP contribution in [-0.2, 0) is 4.74 Å². The molecule has 1 aromatic heterocycles. The third kappa shape index (κ3) is 2.78. The maximum atomic E-state index is 5.93. The number of aryl methyl sites for hydroxylation is 1. The van der Waals surface area contributed by atoms with Crippen LogP contribution in [-0.4, -0.2) is 42.7 Å². The standard InChI is InChI=1S/C12H21N5O/c1-8-5-9(12(13)15-6-8)11(16-14)10-7-17(2)3-4-18-10/h5-6,10-11,16H,3-4,7,14H2,1-2H3,(H2,13,15). The first kappa shape index (κ1) is 13.2. The molecule has 6 heteroatoms. The smallest absolute Gasteiger partial charge is 0.128 e. The molecule has 0 spiro atoms. The van der Waals surface area contributed by atoms with Gasteiger partial charge >= 0.3 is 0 Å². The lowest BCUT2D eigenvalue weighted by Gasteiger charge is -2.35. The van der Waals surface area contributed by atoms with E-state index >= 15 is 0 Å². The van der Waals surface area contributed by atoms with Crippen molar-refractivity contribution in [2.24, 2.45) is 5.84 Å². The molecule has 1 saturated heterocycles. The van der Waals surface area contributed by atoms with Gasteiger partial charge in [-0.2, -0.15) is 0 Å². The molecule has 2 atom stereocenters. The second kappa shape index (κ2) is 5.62. The quantitative estimate of drug-likeness (QED) is 0.509. The van der Waals surface area contributed by atoms with Crippen LogP contribution in [0, 0.1) is 6.92 Å². The summed E-state index contributed by atoms with van der Waals surface area (Å²) in [7, 11) is 2.07. The number of hydrazine groups is 1. The monoisotopic (exact) mass is 251 g/mol. The van der Waals surface area contributed by atoms with Gasteiger partial charge < -0.3 is 15.4 Å². The minimum Gasteiger partial charge on any atom is -0.383 e. The number of ether oxygens (including phenoxy) is 1. The van der Waals surface area contributed by atoms with E-state index < -0.39 is 0 Å². The van der Waals surface area contributed by atoms with Crippen LogP contribution in [0.4, 0.5) is 5.82 Å². The third-order valence-electron chi connectivity index (χ3n) is 3.27. The van der Waals surface area contributed by atoms with E-state index in [1.54, 1.807) is 6.20 Å². The molecule has 0 aliphatic carbocycles. The van der Waals surface area contributed by atoms with Gasteiger partial charge in [-0.05, 0) is 25.6 Å². The summed E-state index contributed by atoms with van der Waals surface area (Å²) in [5, 5.41) is 0. The zero-order chi connectivity index (χ0) is 13.1. The fourth-order valence-electron chi connectivity index (χ4n) is 2.26. The van der Waals surface area contributed by atoms with Crippen LogP contribution < -0.4 is 17.0 Å². The highest BCUT2D eigenvalue weighted by molar-refractivity contribution is 5.43. The van der Waals surface area contributed by atoms with Crippen molar-refractivity contribution in [2.45, 2.75) is 19.1 Å². The molecule has 0 bridgehead atoms. The van der Waals surface area contributed by atoms with E-state index in [-0.39, 0.29) is 12.1 Å². The van der Waals surface area contributed by atoms with Gasteiger partial charge in [-0.25, -0.2) is 4.98 Å². The molecule has 6 nitrogen and oxygen atoms in total.